The molecule has 88 valence electrons. The lowest BCUT2D eigenvalue weighted by molar-refractivity contribution is -0.146. The summed E-state index contributed by atoms with van der Waals surface area (Å²) in [6, 6.07) is 6.65. The number of ether oxygens (including phenoxy) is 1. The number of fused-ring (bicyclic) bond motifs is 1. The first kappa shape index (κ1) is 11.3. The first-order valence-corrected chi connectivity index (χ1v) is 4.97. The molecule has 2 aromatic rings. The highest BCUT2D eigenvalue weighted by Gasteiger charge is 2.16. The first-order valence-electron chi connectivity index (χ1n) is 4.97. The molecule has 5 nitrogen and oxygen atoms in total. The maximum atomic E-state index is 10.7. The number of pyridine rings is 1. The van der Waals surface area contributed by atoms with Crippen molar-refractivity contribution in [1.29, 1.82) is 0 Å². The minimum atomic E-state index is -1.54. The van der Waals surface area contributed by atoms with Crippen molar-refractivity contribution in [1.82, 2.24) is 4.98 Å². The zero-order chi connectivity index (χ0) is 12.4. The lowest BCUT2D eigenvalue weighted by atomic mass is 10.0. The Morgan fingerprint density at radius 3 is 2.82 bits per heavy atom. The van der Waals surface area contributed by atoms with Crippen LogP contribution in [-0.4, -0.2) is 28.3 Å². The van der Waals surface area contributed by atoms with E-state index in [0.717, 1.165) is 5.39 Å². The second-order valence-electron chi connectivity index (χ2n) is 3.54. The quantitative estimate of drug-likeness (QED) is 0.836. The molecule has 0 fully saturated rings. The number of carboxylic acid groups (broad SMARTS) is 1. The highest BCUT2D eigenvalue weighted by Crippen LogP contribution is 2.26. The molecule has 0 saturated carbocycles. The molecular weight excluding hydrogens is 222 g/mol. The van der Waals surface area contributed by atoms with Crippen molar-refractivity contribution in [2.24, 2.45) is 0 Å². The zero-order valence-electron chi connectivity index (χ0n) is 9.12. The predicted molar refractivity (Wildman–Crippen MR) is 60.9 cm³/mol. The molecule has 1 aromatic carbocycles. The largest absolute Gasteiger partial charge is 0.481 e. The summed E-state index contributed by atoms with van der Waals surface area (Å²) >= 11 is 0. The van der Waals surface area contributed by atoms with Crippen molar-refractivity contribution < 1.29 is 19.7 Å². The molecule has 0 bridgehead atoms. The van der Waals surface area contributed by atoms with E-state index >= 15 is 0 Å². The molecule has 2 rings (SSSR count). The normalized spacial score (nSPS) is 12.4. The van der Waals surface area contributed by atoms with E-state index in [0.29, 0.717) is 16.8 Å². The summed E-state index contributed by atoms with van der Waals surface area (Å²) in [4.78, 5) is 14.7. The Kier molecular flexibility index (Phi) is 2.93. The third-order valence-electron chi connectivity index (χ3n) is 2.50. The molecule has 1 heterocycles. The summed E-state index contributed by atoms with van der Waals surface area (Å²) in [6.07, 6.45) is 0.0679. The van der Waals surface area contributed by atoms with Gasteiger partial charge in [-0.25, -0.2) is 9.78 Å². The fraction of sp³-hybridized carbons (Fsp3) is 0.167. The molecule has 0 aliphatic heterocycles. The Morgan fingerprint density at radius 2 is 2.18 bits per heavy atom. The third kappa shape index (κ3) is 2.05. The van der Waals surface area contributed by atoms with Gasteiger partial charge in [0.15, 0.2) is 6.10 Å². The lowest BCUT2D eigenvalue weighted by Crippen LogP contribution is -2.10. The van der Waals surface area contributed by atoms with Crippen LogP contribution in [0.1, 0.15) is 11.7 Å². The van der Waals surface area contributed by atoms with E-state index < -0.39 is 12.1 Å². The first-order chi connectivity index (χ1) is 8.13. The van der Waals surface area contributed by atoms with Gasteiger partial charge in [0.2, 0.25) is 5.88 Å². The molecule has 1 unspecified atom stereocenters. The van der Waals surface area contributed by atoms with Gasteiger partial charge in [0.25, 0.3) is 0 Å². The number of rotatable bonds is 3. The smallest absolute Gasteiger partial charge is 0.337 e. The monoisotopic (exact) mass is 233 g/mol. The molecule has 0 spiro atoms. The Labute approximate surface area is 97.3 Å². The van der Waals surface area contributed by atoms with Crippen LogP contribution < -0.4 is 4.74 Å². The topological polar surface area (TPSA) is 79.7 Å². The van der Waals surface area contributed by atoms with Gasteiger partial charge in [0, 0.05) is 11.6 Å². The molecule has 0 aliphatic rings. The van der Waals surface area contributed by atoms with Gasteiger partial charge in [-0.1, -0.05) is 12.1 Å². The fourth-order valence-electron chi connectivity index (χ4n) is 1.63. The van der Waals surface area contributed by atoms with Gasteiger partial charge in [0.1, 0.15) is 0 Å². The molecule has 0 amide bonds. The number of carboxylic acids is 1. The molecule has 0 radical (unpaired) electrons. The Hall–Kier alpha value is -2.14. The van der Waals surface area contributed by atoms with Crippen molar-refractivity contribution in [3.8, 4) is 5.88 Å². The molecule has 5 heteroatoms. The van der Waals surface area contributed by atoms with E-state index in [-0.39, 0.29) is 0 Å². The average Bonchev–Trinajstić information content (AvgIpc) is 2.36. The summed E-state index contributed by atoms with van der Waals surface area (Å²) in [5.41, 5.74) is 0.302. The predicted octanol–water partition coefficient (Wildman–Crippen LogP) is 1.36. The van der Waals surface area contributed by atoms with Crippen LogP contribution in [0, 0.1) is 0 Å². The van der Waals surface area contributed by atoms with Crippen molar-refractivity contribution in [3.05, 3.63) is 36.0 Å². The number of aliphatic carboxylic acids is 1. The number of aliphatic hydroxyl groups is 1. The van der Waals surface area contributed by atoms with Crippen LogP contribution in [0.25, 0.3) is 10.8 Å². The molecule has 1 aromatic heterocycles. The van der Waals surface area contributed by atoms with Crippen molar-refractivity contribution >= 4 is 16.7 Å². The number of methoxy groups -OCH3 is 1. The fourth-order valence-corrected chi connectivity index (χ4v) is 1.63. The van der Waals surface area contributed by atoms with Gasteiger partial charge in [-0.2, -0.15) is 0 Å². The van der Waals surface area contributed by atoms with Crippen molar-refractivity contribution in [3.63, 3.8) is 0 Å². The number of aliphatic hydroxyl groups excluding tert-OH is 1. The van der Waals surface area contributed by atoms with E-state index in [1.807, 2.05) is 0 Å². The summed E-state index contributed by atoms with van der Waals surface area (Å²) < 4.78 is 5.08. The van der Waals surface area contributed by atoms with E-state index in [2.05, 4.69) is 4.98 Å². The van der Waals surface area contributed by atoms with Crippen molar-refractivity contribution in [2.45, 2.75) is 6.10 Å². The van der Waals surface area contributed by atoms with Crippen molar-refractivity contribution in [2.75, 3.05) is 7.11 Å². The summed E-state index contributed by atoms with van der Waals surface area (Å²) in [7, 11) is 1.49. The Morgan fingerprint density at radius 1 is 1.41 bits per heavy atom. The van der Waals surface area contributed by atoms with E-state index in [1.54, 1.807) is 30.5 Å². The third-order valence-corrected chi connectivity index (χ3v) is 2.50. The van der Waals surface area contributed by atoms with Gasteiger partial charge in [-0.05, 0) is 23.1 Å². The molecular formula is C12H11NO4. The minimum Gasteiger partial charge on any atom is -0.481 e. The Balaban J connectivity index is 2.59. The molecule has 0 aliphatic carbocycles. The maximum absolute atomic E-state index is 10.7. The number of hydrogen-bond acceptors (Lipinski definition) is 4. The van der Waals surface area contributed by atoms with Crippen LogP contribution >= 0.6 is 0 Å². The number of carbonyl (C=O) groups is 1. The van der Waals surface area contributed by atoms with Crippen LogP contribution in [0.4, 0.5) is 0 Å². The number of aromatic nitrogens is 1. The van der Waals surface area contributed by atoms with Gasteiger partial charge in [0.05, 0.1) is 7.11 Å². The number of nitrogens with zero attached hydrogens (tertiary/aromatic N) is 1. The molecule has 17 heavy (non-hydrogen) atoms. The minimum absolute atomic E-state index is 0.302. The van der Waals surface area contributed by atoms with Crippen LogP contribution in [-0.2, 0) is 4.79 Å². The van der Waals surface area contributed by atoms with Gasteiger partial charge in [-0.3, -0.25) is 0 Å². The second-order valence-corrected chi connectivity index (χ2v) is 3.54. The number of benzene rings is 1. The van der Waals surface area contributed by atoms with Crippen LogP contribution in [0.5, 0.6) is 5.88 Å². The SMILES string of the molecule is COc1nccc2ccc(C(O)C(=O)O)cc12. The van der Waals surface area contributed by atoms with Gasteiger partial charge >= 0.3 is 5.97 Å². The summed E-state index contributed by atoms with van der Waals surface area (Å²) in [6.45, 7) is 0. The molecule has 1 atom stereocenters. The Bertz CT molecular complexity index is 567. The number of hydrogen-bond donors (Lipinski definition) is 2. The lowest BCUT2D eigenvalue weighted by Gasteiger charge is -2.09. The van der Waals surface area contributed by atoms with E-state index in [9.17, 15) is 9.90 Å². The van der Waals surface area contributed by atoms with E-state index in [4.69, 9.17) is 9.84 Å². The summed E-state index contributed by atoms with van der Waals surface area (Å²) in [5.74, 6) is -0.880. The second kappa shape index (κ2) is 4.39. The average molecular weight is 233 g/mol. The molecule has 2 N–H and O–H groups in total. The van der Waals surface area contributed by atoms with Gasteiger partial charge in [-0.15, -0.1) is 0 Å². The highest BCUT2D eigenvalue weighted by molar-refractivity contribution is 5.88. The van der Waals surface area contributed by atoms with Crippen LogP contribution in [0.15, 0.2) is 30.5 Å². The highest BCUT2D eigenvalue weighted by atomic mass is 16.5. The molecule has 0 saturated heterocycles. The van der Waals surface area contributed by atoms with E-state index in [1.165, 1.54) is 7.11 Å². The van der Waals surface area contributed by atoms with Crippen LogP contribution in [0.2, 0.25) is 0 Å². The summed E-state index contributed by atoms with van der Waals surface area (Å²) in [5, 5.41) is 19.7. The zero-order valence-corrected chi connectivity index (χ0v) is 9.12. The van der Waals surface area contributed by atoms with Crippen LogP contribution in [0.3, 0.4) is 0 Å². The maximum Gasteiger partial charge on any atom is 0.337 e. The van der Waals surface area contributed by atoms with Gasteiger partial charge < -0.3 is 14.9 Å². The standard InChI is InChI=1S/C12H11NO4/c1-17-11-9-6-8(10(14)12(15)16)3-2-7(9)4-5-13-11/h2-6,10,14H,1H3,(H,15,16).